The fourth-order valence-electron chi connectivity index (χ4n) is 3.80. The second kappa shape index (κ2) is 8.80. The zero-order valence-corrected chi connectivity index (χ0v) is 18.4. The Bertz CT molecular complexity index is 1320. The van der Waals surface area contributed by atoms with Crippen LogP contribution in [0.1, 0.15) is 28.8 Å². The molecule has 0 aliphatic heterocycles. The minimum absolute atomic E-state index is 0.403. The largest absolute Gasteiger partial charge is 0.493 e. The summed E-state index contributed by atoms with van der Waals surface area (Å²) < 4.78 is 13.5. The highest BCUT2D eigenvalue weighted by Crippen LogP contribution is 2.30. The molecule has 0 saturated heterocycles. The third-order valence-electron chi connectivity index (χ3n) is 5.42. The van der Waals surface area contributed by atoms with Crippen molar-refractivity contribution >= 4 is 18.4 Å². The summed E-state index contributed by atoms with van der Waals surface area (Å²) in [7, 11) is 1.62. The van der Waals surface area contributed by atoms with E-state index in [-0.39, 0.29) is 0 Å². The first-order valence-electron chi connectivity index (χ1n) is 10.4. The Labute approximate surface area is 189 Å². The highest BCUT2D eigenvalue weighted by Gasteiger charge is 2.23. The fourth-order valence-corrected chi connectivity index (χ4v) is 3.98. The van der Waals surface area contributed by atoms with E-state index in [4.69, 9.17) is 21.7 Å². The van der Waals surface area contributed by atoms with Gasteiger partial charge in [-0.15, -0.1) is 0 Å². The monoisotopic (exact) mass is 446 g/mol. The average Bonchev–Trinajstić information content (AvgIpc) is 3.53. The third-order valence-corrected chi connectivity index (χ3v) is 5.68. The molecule has 0 bridgehead atoms. The summed E-state index contributed by atoms with van der Waals surface area (Å²) in [6.07, 6.45) is 4.82. The molecule has 0 fully saturated rings. The van der Waals surface area contributed by atoms with E-state index in [0.717, 1.165) is 36.1 Å². The molecule has 0 atom stereocenters. The van der Waals surface area contributed by atoms with E-state index in [0.29, 0.717) is 28.7 Å². The first kappa shape index (κ1) is 20.2. The zero-order valence-electron chi connectivity index (χ0n) is 17.5. The first-order valence-corrected chi connectivity index (χ1v) is 10.8. The lowest BCUT2D eigenvalue weighted by atomic mass is 10.2. The van der Waals surface area contributed by atoms with Gasteiger partial charge in [0.25, 0.3) is 0 Å². The van der Waals surface area contributed by atoms with Crippen LogP contribution in [-0.2, 0) is 19.4 Å². The van der Waals surface area contributed by atoms with E-state index in [9.17, 15) is 0 Å². The minimum atomic E-state index is 0.403. The number of hydrogen-bond donors (Lipinski definition) is 2. The lowest BCUT2D eigenvalue weighted by Gasteiger charge is -2.11. The molecular formula is C23H22N6O2S. The molecule has 5 rings (SSSR count). The van der Waals surface area contributed by atoms with Gasteiger partial charge in [0.05, 0.1) is 13.3 Å². The number of nitrogens with zero attached hydrogens (tertiary/aromatic N) is 4. The Kier molecular flexibility index (Phi) is 5.55. The summed E-state index contributed by atoms with van der Waals surface area (Å²) in [4.78, 5) is 0. The number of methoxy groups -OCH3 is 1. The number of aryl methyl sites for hydroxylation is 1. The minimum Gasteiger partial charge on any atom is -0.493 e. The number of nitrogens with one attached hydrogen (secondary N) is 2. The van der Waals surface area contributed by atoms with Crippen molar-refractivity contribution in [3.8, 4) is 23.0 Å². The molecule has 32 heavy (non-hydrogen) atoms. The number of benzene rings is 2. The van der Waals surface area contributed by atoms with Crippen LogP contribution in [0, 0.1) is 4.77 Å². The standard InChI is InChI=1S/C23H22N6O2S/c1-30-19-11-10-16(12-20(19)31-14-15-6-3-2-4-7-15)13-24-29-22(27-28-23(29)32)21-17-8-5-9-18(17)25-26-21/h2-4,6-7,10-13H,5,8-9,14H2,1H3,(H,25,26)(H,28,32). The quantitative estimate of drug-likeness (QED) is 0.326. The second-order valence-electron chi connectivity index (χ2n) is 7.48. The molecule has 8 nitrogen and oxygen atoms in total. The van der Waals surface area contributed by atoms with E-state index in [1.807, 2.05) is 48.5 Å². The predicted molar refractivity (Wildman–Crippen MR) is 124 cm³/mol. The molecule has 0 unspecified atom stereocenters. The molecule has 9 heteroatoms. The Hall–Kier alpha value is -3.72. The van der Waals surface area contributed by atoms with Gasteiger partial charge in [0.1, 0.15) is 12.3 Å². The average molecular weight is 447 g/mol. The van der Waals surface area contributed by atoms with Crippen LogP contribution in [0.4, 0.5) is 0 Å². The number of ether oxygens (including phenoxy) is 2. The van der Waals surface area contributed by atoms with Crippen LogP contribution < -0.4 is 9.47 Å². The molecule has 2 N–H and O–H groups in total. The topological polar surface area (TPSA) is 93.1 Å². The molecule has 0 saturated carbocycles. The van der Waals surface area contributed by atoms with Crippen LogP contribution >= 0.6 is 12.2 Å². The van der Waals surface area contributed by atoms with E-state index >= 15 is 0 Å². The molecule has 4 aromatic rings. The van der Waals surface area contributed by atoms with Gasteiger partial charge in [-0.2, -0.15) is 20.0 Å². The maximum Gasteiger partial charge on any atom is 0.216 e. The van der Waals surface area contributed by atoms with Crippen molar-refractivity contribution in [1.82, 2.24) is 25.1 Å². The number of H-pyrrole nitrogens is 2. The van der Waals surface area contributed by atoms with Crippen molar-refractivity contribution in [3.63, 3.8) is 0 Å². The SMILES string of the molecule is COc1ccc(C=Nn2c(-c3n[nH]c4c3CCC4)n[nH]c2=S)cc1OCc1ccccc1. The summed E-state index contributed by atoms with van der Waals surface area (Å²) in [5, 5.41) is 19.3. The molecule has 2 heterocycles. The van der Waals surface area contributed by atoms with Crippen LogP contribution in [0.5, 0.6) is 11.5 Å². The first-order chi connectivity index (χ1) is 15.7. The Balaban J connectivity index is 1.41. The third kappa shape index (κ3) is 3.94. The molecule has 1 aliphatic carbocycles. The van der Waals surface area contributed by atoms with Gasteiger partial charge in [-0.1, -0.05) is 30.3 Å². The van der Waals surface area contributed by atoms with Gasteiger partial charge in [0, 0.05) is 11.3 Å². The van der Waals surface area contributed by atoms with Crippen molar-refractivity contribution in [3.05, 3.63) is 75.7 Å². The van der Waals surface area contributed by atoms with Crippen LogP contribution in [0.3, 0.4) is 0 Å². The lowest BCUT2D eigenvalue weighted by molar-refractivity contribution is 0.284. The molecule has 162 valence electrons. The van der Waals surface area contributed by atoms with Crippen molar-refractivity contribution < 1.29 is 9.47 Å². The maximum atomic E-state index is 6.00. The Morgan fingerprint density at radius 3 is 2.81 bits per heavy atom. The van der Waals surface area contributed by atoms with E-state index in [1.165, 1.54) is 11.3 Å². The van der Waals surface area contributed by atoms with E-state index in [1.54, 1.807) is 18.0 Å². The maximum absolute atomic E-state index is 6.00. The number of aromatic amines is 2. The predicted octanol–water partition coefficient (Wildman–Crippen LogP) is 4.29. The number of rotatable bonds is 7. The van der Waals surface area contributed by atoms with Gasteiger partial charge in [-0.05, 0) is 60.8 Å². The summed E-state index contributed by atoms with van der Waals surface area (Å²) in [5.74, 6) is 1.90. The summed E-state index contributed by atoms with van der Waals surface area (Å²) in [6.45, 7) is 0.443. The molecule has 0 amide bonds. The van der Waals surface area contributed by atoms with Crippen molar-refractivity contribution in [2.75, 3.05) is 7.11 Å². The van der Waals surface area contributed by atoms with Crippen LogP contribution in [-0.4, -0.2) is 38.4 Å². The summed E-state index contributed by atoms with van der Waals surface area (Å²) in [6, 6.07) is 15.6. The van der Waals surface area contributed by atoms with Crippen LogP contribution in [0.25, 0.3) is 11.5 Å². The summed E-state index contributed by atoms with van der Waals surface area (Å²) in [5.41, 5.74) is 5.07. The van der Waals surface area contributed by atoms with Crippen molar-refractivity contribution in [2.45, 2.75) is 25.9 Å². The van der Waals surface area contributed by atoms with Gasteiger partial charge >= 0.3 is 0 Å². The highest BCUT2D eigenvalue weighted by molar-refractivity contribution is 7.71. The smallest absolute Gasteiger partial charge is 0.216 e. The van der Waals surface area contributed by atoms with E-state index < -0.39 is 0 Å². The van der Waals surface area contributed by atoms with Crippen molar-refractivity contribution in [2.24, 2.45) is 5.10 Å². The van der Waals surface area contributed by atoms with Crippen LogP contribution in [0.15, 0.2) is 53.6 Å². The summed E-state index contributed by atoms with van der Waals surface area (Å²) >= 11 is 5.40. The van der Waals surface area contributed by atoms with Crippen LogP contribution in [0.2, 0.25) is 0 Å². The van der Waals surface area contributed by atoms with Crippen molar-refractivity contribution in [1.29, 1.82) is 0 Å². The molecule has 1 aliphatic rings. The fraction of sp³-hybridized carbons (Fsp3) is 0.217. The number of hydrogen-bond acceptors (Lipinski definition) is 6. The molecule has 0 spiro atoms. The molecule has 0 radical (unpaired) electrons. The van der Waals surface area contributed by atoms with E-state index in [2.05, 4.69) is 25.5 Å². The normalized spacial score (nSPS) is 12.9. The van der Waals surface area contributed by atoms with Gasteiger partial charge in [0.2, 0.25) is 10.6 Å². The lowest BCUT2D eigenvalue weighted by Crippen LogP contribution is -1.99. The Morgan fingerprint density at radius 1 is 1.09 bits per heavy atom. The zero-order chi connectivity index (χ0) is 21.9. The molecule has 2 aromatic heterocycles. The Morgan fingerprint density at radius 2 is 1.97 bits per heavy atom. The number of fused-ring (bicyclic) bond motifs is 1. The molecule has 2 aromatic carbocycles. The van der Waals surface area contributed by atoms with Gasteiger partial charge in [0.15, 0.2) is 11.5 Å². The van der Waals surface area contributed by atoms with Gasteiger partial charge < -0.3 is 9.47 Å². The second-order valence-corrected chi connectivity index (χ2v) is 7.86. The number of aromatic nitrogens is 5. The van der Waals surface area contributed by atoms with Gasteiger partial charge in [-0.25, -0.2) is 5.10 Å². The molecular weight excluding hydrogens is 424 g/mol. The highest BCUT2D eigenvalue weighted by atomic mass is 32.1. The van der Waals surface area contributed by atoms with Gasteiger partial charge in [-0.3, -0.25) is 5.10 Å².